The molecule has 2 N–H and O–H groups in total. The first-order valence-corrected chi connectivity index (χ1v) is 15.5. The number of hydrogen-bond acceptors (Lipinski definition) is 10. The van der Waals surface area contributed by atoms with Crippen LogP contribution in [0.1, 0.15) is 20.8 Å². The Morgan fingerprint density at radius 1 is 1.05 bits per heavy atom. The van der Waals surface area contributed by atoms with Crippen LogP contribution in [0, 0.1) is 0 Å². The molecule has 226 valence electrons. The molecule has 0 bridgehead atoms. The number of amides is 1. The van der Waals surface area contributed by atoms with Crippen LogP contribution in [0.15, 0.2) is 48.7 Å². The van der Waals surface area contributed by atoms with Gasteiger partial charge >= 0.3 is 6.09 Å². The van der Waals surface area contributed by atoms with Crippen molar-refractivity contribution in [2.45, 2.75) is 26.4 Å². The number of para-hydroxylation sites is 2. The molecule has 1 amide bonds. The molecule has 0 atom stereocenters. The number of benzene rings is 2. The van der Waals surface area contributed by atoms with Crippen LogP contribution in [0.4, 0.5) is 39.3 Å². The lowest BCUT2D eigenvalue weighted by Crippen LogP contribution is -2.50. The van der Waals surface area contributed by atoms with Crippen LogP contribution in [0.2, 0.25) is 5.02 Å². The van der Waals surface area contributed by atoms with Crippen molar-refractivity contribution >= 4 is 62.2 Å². The molecule has 1 aliphatic heterocycles. The molecule has 4 rings (SSSR count). The predicted octanol–water partition coefficient (Wildman–Crippen LogP) is 5.08. The van der Waals surface area contributed by atoms with Crippen molar-refractivity contribution in [1.29, 1.82) is 0 Å². The van der Waals surface area contributed by atoms with Gasteiger partial charge in [0.15, 0.2) is 5.82 Å². The van der Waals surface area contributed by atoms with E-state index in [9.17, 15) is 13.2 Å². The molecule has 0 aliphatic carbocycles. The number of carbonyl (C=O) groups is 1. The summed E-state index contributed by atoms with van der Waals surface area (Å²) in [4.78, 5) is 25.1. The van der Waals surface area contributed by atoms with Crippen LogP contribution in [0.3, 0.4) is 0 Å². The van der Waals surface area contributed by atoms with Crippen LogP contribution < -0.4 is 24.6 Å². The Kier molecular flexibility index (Phi) is 9.21. The van der Waals surface area contributed by atoms with Gasteiger partial charge in [-0.3, -0.25) is 4.31 Å². The monoisotopic (exact) mass is 617 g/mol. The SMILES string of the molecule is COc1cc(N2CCN(C(=O)OC(C)(C)C)CC2)ccc1Nc1ncc(Cl)c(Nc2ccccc2N(C)S(C)(=O)=O)n1. The topological polar surface area (TPSA) is 129 Å². The van der Waals surface area contributed by atoms with Gasteiger partial charge in [0, 0.05) is 45.0 Å². The van der Waals surface area contributed by atoms with Crippen molar-refractivity contribution in [2.75, 3.05) is 66.4 Å². The van der Waals surface area contributed by atoms with Gasteiger partial charge in [0.2, 0.25) is 16.0 Å². The molecule has 14 heteroatoms. The summed E-state index contributed by atoms with van der Waals surface area (Å²) in [6.45, 7) is 7.98. The molecule has 12 nitrogen and oxygen atoms in total. The first-order chi connectivity index (χ1) is 19.7. The summed E-state index contributed by atoms with van der Waals surface area (Å²) in [6.07, 6.45) is 2.28. The number of piperazine rings is 1. The lowest BCUT2D eigenvalue weighted by molar-refractivity contribution is 0.0240. The number of carbonyl (C=O) groups excluding carboxylic acids is 1. The summed E-state index contributed by atoms with van der Waals surface area (Å²) in [5, 5.41) is 6.55. The largest absolute Gasteiger partial charge is 0.494 e. The van der Waals surface area contributed by atoms with E-state index in [2.05, 4.69) is 25.5 Å². The second-order valence-corrected chi connectivity index (χ2v) is 13.1. The fourth-order valence-corrected chi connectivity index (χ4v) is 4.90. The van der Waals surface area contributed by atoms with Gasteiger partial charge in [0.1, 0.15) is 16.4 Å². The Morgan fingerprint density at radius 2 is 1.74 bits per heavy atom. The van der Waals surface area contributed by atoms with Crippen molar-refractivity contribution in [3.8, 4) is 5.75 Å². The molecule has 2 heterocycles. The highest BCUT2D eigenvalue weighted by Crippen LogP contribution is 2.34. The first kappa shape index (κ1) is 31.0. The van der Waals surface area contributed by atoms with E-state index in [1.165, 1.54) is 17.5 Å². The standard InChI is InChI=1S/C28H36ClN7O5S/c1-28(2,3)41-27(37)36-15-13-35(14-16-36)19-11-12-22(24(17-19)40-5)32-26-30-18-20(29)25(33-26)31-21-9-7-8-10-23(21)34(4)42(6,38)39/h7-12,17-18H,13-16H2,1-6H3,(H2,30,31,32,33). The highest BCUT2D eigenvalue weighted by Gasteiger charge is 2.26. The van der Waals surface area contributed by atoms with E-state index < -0.39 is 15.6 Å². The van der Waals surface area contributed by atoms with Gasteiger partial charge in [-0.25, -0.2) is 18.2 Å². The van der Waals surface area contributed by atoms with Crippen molar-refractivity contribution in [3.05, 3.63) is 53.7 Å². The Labute approximate surface area is 251 Å². The fraction of sp³-hybridized carbons (Fsp3) is 0.393. The van der Waals surface area contributed by atoms with E-state index in [1.807, 2.05) is 39.0 Å². The molecule has 42 heavy (non-hydrogen) atoms. The lowest BCUT2D eigenvalue weighted by Gasteiger charge is -2.37. The number of aromatic nitrogens is 2. The Bertz CT molecular complexity index is 1540. The maximum Gasteiger partial charge on any atom is 0.410 e. The summed E-state index contributed by atoms with van der Waals surface area (Å²) in [5.74, 6) is 1.13. The van der Waals surface area contributed by atoms with E-state index in [1.54, 1.807) is 36.3 Å². The molecule has 1 aromatic heterocycles. The molecule has 1 saturated heterocycles. The summed E-state index contributed by atoms with van der Waals surface area (Å²) in [6, 6.07) is 12.7. The highest BCUT2D eigenvalue weighted by molar-refractivity contribution is 7.92. The molecule has 1 fully saturated rings. The fourth-order valence-electron chi connectivity index (χ4n) is 4.25. The third kappa shape index (κ3) is 7.65. The van der Waals surface area contributed by atoms with E-state index in [4.69, 9.17) is 21.1 Å². The van der Waals surface area contributed by atoms with Gasteiger partial charge in [-0.1, -0.05) is 23.7 Å². The summed E-state index contributed by atoms with van der Waals surface area (Å²) in [5.41, 5.74) is 2.00. The third-order valence-electron chi connectivity index (χ3n) is 6.47. The lowest BCUT2D eigenvalue weighted by atomic mass is 10.2. The number of halogens is 1. The van der Waals surface area contributed by atoms with Crippen LogP contribution in [-0.2, 0) is 14.8 Å². The number of hydrogen-bond donors (Lipinski definition) is 2. The second-order valence-electron chi connectivity index (χ2n) is 10.7. The summed E-state index contributed by atoms with van der Waals surface area (Å²) in [7, 11) is -0.435. The number of nitrogens with zero attached hydrogens (tertiary/aromatic N) is 5. The average Bonchev–Trinajstić information content (AvgIpc) is 2.93. The smallest absolute Gasteiger partial charge is 0.410 e. The number of sulfonamides is 1. The van der Waals surface area contributed by atoms with Gasteiger partial charge in [-0.05, 0) is 45.0 Å². The normalized spacial score (nSPS) is 13.9. The maximum absolute atomic E-state index is 12.4. The van der Waals surface area contributed by atoms with Gasteiger partial charge in [0.25, 0.3) is 0 Å². The third-order valence-corrected chi connectivity index (χ3v) is 7.93. The van der Waals surface area contributed by atoms with Crippen molar-refractivity contribution in [1.82, 2.24) is 14.9 Å². The zero-order valence-corrected chi connectivity index (χ0v) is 26.1. The van der Waals surface area contributed by atoms with Crippen molar-refractivity contribution in [3.63, 3.8) is 0 Å². The molecule has 0 spiro atoms. The molecule has 0 unspecified atom stereocenters. The van der Waals surface area contributed by atoms with Crippen molar-refractivity contribution in [2.24, 2.45) is 0 Å². The quantitative estimate of drug-likeness (QED) is 0.353. The Hall–Kier alpha value is -3.97. The van der Waals surface area contributed by atoms with Crippen LogP contribution in [0.25, 0.3) is 0 Å². The molecular formula is C28H36ClN7O5S. The van der Waals surface area contributed by atoms with E-state index in [0.717, 1.165) is 11.9 Å². The zero-order chi connectivity index (χ0) is 30.7. The number of rotatable bonds is 8. The second kappa shape index (κ2) is 12.5. The summed E-state index contributed by atoms with van der Waals surface area (Å²) >= 11 is 6.39. The molecular weight excluding hydrogens is 582 g/mol. The number of anilines is 6. The Morgan fingerprint density at radius 3 is 2.38 bits per heavy atom. The minimum Gasteiger partial charge on any atom is -0.494 e. The summed E-state index contributed by atoms with van der Waals surface area (Å²) < 4.78 is 36.6. The molecule has 0 saturated carbocycles. The number of nitrogens with one attached hydrogen (secondary N) is 2. The van der Waals surface area contributed by atoms with Crippen LogP contribution >= 0.6 is 11.6 Å². The number of methoxy groups -OCH3 is 1. The van der Waals surface area contributed by atoms with Gasteiger partial charge < -0.3 is 29.9 Å². The van der Waals surface area contributed by atoms with Gasteiger partial charge in [0.05, 0.1) is 36.6 Å². The average molecular weight is 618 g/mol. The minimum absolute atomic E-state index is 0.255. The first-order valence-electron chi connectivity index (χ1n) is 13.3. The minimum atomic E-state index is -3.49. The number of ether oxygens (including phenoxy) is 2. The van der Waals surface area contributed by atoms with E-state index in [-0.39, 0.29) is 17.1 Å². The highest BCUT2D eigenvalue weighted by atomic mass is 35.5. The Balaban J connectivity index is 1.48. The van der Waals surface area contributed by atoms with Gasteiger partial charge in [-0.2, -0.15) is 4.98 Å². The van der Waals surface area contributed by atoms with E-state index in [0.29, 0.717) is 54.8 Å². The van der Waals surface area contributed by atoms with Gasteiger partial charge in [-0.15, -0.1) is 0 Å². The van der Waals surface area contributed by atoms with Crippen LogP contribution in [-0.4, -0.2) is 81.6 Å². The predicted molar refractivity (Wildman–Crippen MR) is 166 cm³/mol. The maximum atomic E-state index is 12.4. The van der Waals surface area contributed by atoms with Crippen LogP contribution in [0.5, 0.6) is 5.75 Å². The molecule has 1 aliphatic rings. The van der Waals surface area contributed by atoms with E-state index >= 15 is 0 Å². The molecule has 2 aromatic carbocycles. The molecule has 0 radical (unpaired) electrons. The van der Waals surface area contributed by atoms with Crippen molar-refractivity contribution < 1.29 is 22.7 Å². The zero-order valence-electron chi connectivity index (χ0n) is 24.5. The molecule has 3 aromatic rings.